The van der Waals surface area contributed by atoms with Gasteiger partial charge in [-0.1, -0.05) is 24.6 Å². The molecule has 0 atom stereocenters. The van der Waals surface area contributed by atoms with Crippen molar-refractivity contribution in [1.82, 2.24) is 4.90 Å². The molecule has 0 saturated carbocycles. The fraction of sp³-hybridized carbons (Fsp3) is 0.364. The molecule has 0 spiro atoms. The van der Waals surface area contributed by atoms with Crippen LogP contribution in [-0.2, 0) is 6.54 Å². The Morgan fingerprint density at radius 2 is 2.29 bits per heavy atom. The van der Waals surface area contributed by atoms with Gasteiger partial charge in [0.1, 0.15) is 0 Å². The third-order valence-corrected chi connectivity index (χ3v) is 2.77. The van der Waals surface area contributed by atoms with Crippen molar-refractivity contribution in [3.8, 4) is 6.07 Å². The Balaban J connectivity index is 3.04. The van der Waals surface area contributed by atoms with Crippen LogP contribution in [0.15, 0.2) is 18.2 Å². The number of rotatable bonds is 5. The summed E-state index contributed by atoms with van der Waals surface area (Å²) in [5.74, 6) is 0. The Morgan fingerprint density at radius 3 is 2.82 bits per heavy atom. The van der Waals surface area contributed by atoms with Crippen molar-refractivity contribution < 1.29 is 4.92 Å². The number of halogens is 1. The molecule has 0 aliphatic carbocycles. The van der Waals surface area contributed by atoms with Crippen molar-refractivity contribution >= 4 is 17.3 Å². The van der Waals surface area contributed by atoms with Crippen LogP contribution in [0.3, 0.4) is 0 Å². The van der Waals surface area contributed by atoms with Crippen molar-refractivity contribution in [2.75, 3.05) is 13.1 Å². The van der Waals surface area contributed by atoms with Gasteiger partial charge in [0.05, 0.1) is 28.1 Å². The quantitative estimate of drug-likeness (QED) is 0.459. The largest absolute Gasteiger partial charge is 0.286 e. The minimum Gasteiger partial charge on any atom is -0.286 e. The second-order valence-corrected chi connectivity index (χ2v) is 3.86. The van der Waals surface area contributed by atoms with Gasteiger partial charge in [-0.2, -0.15) is 5.26 Å². The smallest absolute Gasteiger partial charge is 0.275 e. The fourth-order valence-corrected chi connectivity index (χ4v) is 1.71. The summed E-state index contributed by atoms with van der Waals surface area (Å²) < 4.78 is 0. The highest BCUT2D eigenvalue weighted by Crippen LogP contribution is 2.27. The van der Waals surface area contributed by atoms with Crippen LogP contribution in [0.1, 0.15) is 12.5 Å². The Labute approximate surface area is 104 Å². The lowest BCUT2D eigenvalue weighted by molar-refractivity contribution is -0.385. The van der Waals surface area contributed by atoms with E-state index in [-0.39, 0.29) is 12.2 Å². The van der Waals surface area contributed by atoms with E-state index in [9.17, 15) is 10.1 Å². The van der Waals surface area contributed by atoms with E-state index in [1.807, 2.05) is 13.0 Å². The first-order valence-electron chi connectivity index (χ1n) is 5.11. The number of nitro benzene ring substituents is 1. The molecule has 0 N–H and O–H groups in total. The summed E-state index contributed by atoms with van der Waals surface area (Å²) >= 11 is 5.96. The molecule has 0 saturated heterocycles. The van der Waals surface area contributed by atoms with Crippen molar-refractivity contribution in [2.24, 2.45) is 0 Å². The maximum absolute atomic E-state index is 10.9. The van der Waals surface area contributed by atoms with Gasteiger partial charge < -0.3 is 0 Å². The highest BCUT2D eigenvalue weighted by atomic mass is 35.5. The molecule has 1 aromatic carbocycles. The normalized spacial score (nSPS) is 10.2. The Bertz CT molecular complexity index is 457. The molecule has 1 aromatic rings. The van der Waals surface area contributed by atoms with Gasteiger partial charge in [0.2, 0.25) is 0 Å². The Hall–Kier alpha value is -1.64. The minimum atomic E-state index is -0.457. The Morgan fingerprint density at radius 1 is 1.59 bits per heavy atom. The van der Waals surface area contributed by atoms with Crippen molar-refractivity contribution in [2.45, 2.75) is 13.5 Å². The number of benzene rings is 1. The van der Waals surface area contributed by atoms with E-state index in [0.29, 0.717) is 23.7 Å². The fourth-order valence-electron chi connectivity index (χ4n) is 1.48. The van der Waals surface area contributed by atoms with Gasteiger partial charge in [-0.3, -0.25) is 15.0 Å². The van der Waals surface area contributed by atoms with E-state index in [2.05, 4.69) is 0 Å². The SMILES string of the molecule is CCN(CC#N)Cc1c(Cl)cccc1[N+](=O)[O-]. The van der Waals surface area contributed by atoms with Gasteiger partial charge in [0, 0.05) is 12.6 Å². The van der Waals surface area contributed by atoms with Crippen LogP contribution >= 0.6 is 11.6 Å². The summed E-state index contributed by atoms with van der Waals surface area (Å²) in [6.45, 7) is 3.05. The zero-order valence-corrected chi connectivity index (χ0v) is 10.1. The first-order valence-corrected chi connectivity index (χ1v) is 5.49. The first-order chi connectivity index (χ1) is 8.10. The minimum absolute atomic E-state index is 0.00566. The lowest BCUT2D eigenvalue weighted by Gasteiger charge is -2.17. The van der Waals surface area contributed by atoms with Crippen LogP contribution in [0, 0.1) is 21.4 Å². The maximum Gasteiger partial charge on any atom is 0.275 e. The van der Waals surface area contributed by atoms with Crippen LogP contribution in [0.25, 0.3) is 0 Å². The molecule has 5 nitrogen and oxygen atoms in total. The zero-order valence-electron chi connectivity index (χ0n) is 9.39. The predicted molar refractivity (Wildman–Crippen MR) is 64.7 cm³/mol. The van der Waals surface area contributed by atoms with E-state index < -0.39 is 4.92 Å². The molecule has 0 aliphatic rings. The summed E-state index contributed by atoms with van der Waals surface area (Å²) in [5.41, 5.74) is 0.449. The number of nitro groups is 1. The van der Waals surface area contributed by atoms with E-state index in [0.717, 1.165) is 0 Å². The van der Waals surface area contributed by atoms with Gasteiger partial charge in [-0.25, -0.2) is 0 Å². The maximum atomic E-state index is 10.9. The number of nitrogens with zero attached hydrogens (tertiary/aromatic N) is 3. The van der Waals surface area contributed by atoms with E-state index in [4.69, 9.17) is 16.9 Å². The van der Waals surface area contributed by atoms with Crippen molar-refractivity contribution in [3.05, 3.63) is 38.9 Å². The molecule has 0 bridgehead atoms. The second kappa shape index (κ2) is 6.18. The van der Waals surface area contributed by atoms with Gasteiger partial charge in [0.15, 0.2) is 0 Å². The number of nitriles is 1. The van der Waals surface area contributed by atoms with Gasteiger partial charge >= 0.3 is 0 Å². The average Bonchev–Trinajstić information content (AvgIpc) is 2.30. The van der Waals surface area contributed by atoms with Gasteiger partial charge in [-0.05, 0) is 12.6 Å². The van der Waals surface area contributed by atoms with E-state index >= 15 is 0 Å². The van der Waals surface area contributed by atoms with Crippen molar-refractivity contribution in [3.63, 3.8) is 0 Å². The lowest BCUT2D eigenvalue weighted by atomic mass is 10.1. The van der Waals surface area contributed by atoms with Crippen LogP contribution in [-0.4, -0.2) is 22.9 Å². The van der Waals surface area contributed by atoms with Gasteiger partial charge in [0.25, 0.3) is 5.69 Å². The molecule has 0 heterocycles. The van der Waals surface area contributed by atoms with E-state index in [1.54, 1.807) is 17.0 Å². The molecule has 17 heavy (non-hydrogen) atoms. The molecule has 6 heteroatoms. The summed E-state index contributed by atoms with van der Waals surface area (Å²) in [7, 11) is 0. The average molecular weight is 254 g/mol. The van der Waals surface area contributed by atoms with Crippen molar-refractivity contribution in [1.29, 1.82) is 5.26 Å². The standard InChI is InChI=1S/C11H12ClN3O2/c1-2-14(7-6-13)8-9-10(12)4-3-5-11(9)15(16)17/h3-5H,2,7-8H2,1H3. The van der Waals surface area contributed by atoms with E-state index in [1.165, 1.54) is 6.07 Å². The second-order valence-electron chi connectivity index (χ2n) is 3.46. The summed E-state index contributed by atoms with van der Waals surface area (Å²) in [6.07, 6.45) is 0. The molecule has 0 unspecified atom stereocenters. The topological polar surface area (TPSA) is 70.2 Å². The number of hydrogen-bond donors (Lipinski definition) is 0. The van der Waals surface area contributed by atoms with Crippen LogP contribution in [0.2, 0.25) is 5.02 Å². The van der Waals surface area contributed by atoms with Crippen LogP contribution < -0.4 is 0 Å². The third-order valence-electron chi connectivity index (χ3n) is 2.41. The highest BCUT2D eigenvalue weighted by molar-refractivity contribution is 6.31. The molecule has 0 aromatic heterocycles. The molecule has 0 radical (unpaired) electrons. The molecule has 0 fully saturated rings. The molecule has 1 rings (SSSR count). The lowest BCUT2D eigenvalue weighted by Crippen LogP contribution is -2.23. The molecular weight excluding hydrogens is 242 g/mol. The molecular formula is C11H12ClN3O2. The molecule has 0 amide bonds. The summed E-state index contributed by atoms with van der Waals surface area (Å²) in [4.78, 5) is 12.2. The predicted octanol–water partition coefficient (Wildman–Crippen LogP) is 2.59. The molecule has 0 aliphatic heterocycles. The van der Waals surface area contributed by atoms with Crippen LogP contribution in [0.5, 0.6) is 0 Å². The highest BCUT2D eigenvalue weighted by Gasteiger charge is 2.18. The third kappa shape index (κ3) is 3.41. The number of hydrogen-bond acceptors (Lipinski definition) is 4. The van der Waals surface area contributed by atoms with Crippen LogP contribution in [0.4, 0.5) is 5.69 Å². The molecule has 90 valence electrons. The summed E-state index contributed by atoms with van der Waals surface area (Å²) in [6, 6.07) is 6.60. The first kappa shape index (κ1) is 13.4. The monoisotopic (exact) mass is 253 g/mol. The zero-order chi connectivity index (χ0) is 12.8. The summed E-state index contributed by atoms with van der Waals surface area (Å²) in [5, 5.41) is 19.9. The van der Waals surface area contributed by atoms with Gasteiger partial charge in [-0.15, -0.1) is 0 Å². The Kier molecular flexibility index (Phi) is 4.88.